The lowest BCUT2D eigenvalue weighted by molar-refractivity contribution is 0.0590. The van der Waals surface area contributed by atoms with E-state index in [2.05, 4.69) is 9.72 Å². The lowest BCUT2D eigenvalue weighted by Crippen LogP contribution is -2.33. The summed E-state index contributed by atoms with van der Waals surface area (Å²) in [5, 5.41) is 0. The summed E-state index contributed by atoms with van der Waals surface area (Å²) in [5.41, 5.74) is 1.23. The molecule has 2 rings (SSSR count). The number of carbonyl (C=O) groups excluding carboxylic acids is 1. The lowest BCUT2D eigenvalue weighted by Gasteiger charge is -2.26. The van der Waals surface area contributed by atoms with Crippen LogP contribution in [0.1, 0.15) is 42.6 Å². The van der Waals surface area contributed by atoms with Crippen LogP contribution >= 0.6 is 11.3 Å². The highest BCUT2D eigenvalue weighted by Gasteiger charge is 2.31. The van der Waals surface area contributed by atoms with Crippen LogP contribution in [0, 0.1) is 5.92 Å². The van der Waals surface area contributed by atoms with Crippen molar-refractivity contribution in [3.8, 4) is 0 Å². The summed E-state index contributed by atoms with van der Waals surface area (Å²) in [6.07, 6.45) is 5.67. The highest BCUT2D eigenvalue weighted by Crippen LogP contribution is 2.28. The molecular formula is C13H20N2O4S2. The molecule has 0 aliphatic heterocycles. The molecule has 0 N–H and O–H groups in total. The lowest BCUT2D eigenvalue weighted by atomic mass is 9.89. The minimum Gasteiger partial charge on any atom is -0.464 e. The van der Waals surface area contributed by atoms with Crippen LogP contribution in [0.4, 0.5) is 0 Å². The van der Waals surface area contributed by atoms with Crippen LogP contribution in [0.2, 0.25) is 0 Å². The highest BCUT2D eigenvalue weighted by molar-refractivity contribution is 7.91. The minimum absolute atomic E-state index is 0.0346. The summed E-state index contributed by atoms with van der Waals surface area (Å²) in [5.74, 6) is -0.325. The first-order valence-corrected chi connectivity index (χ1v) is 9.27. The fraction of sp³-hybridized carbons (Fsp3) is 0.692. The Hall–Kier alpha value is -0.990. The molecule has 1 aliphatic carbocycles. The molecule has 0 aromatic carbocycles. The van der Waals surface area contributed by atoms with Crippen molar-refractivity contribution < 1.29 is 17.9 Å². The van der Waals surface area contributed by atoms with E-state index in [-0.39, 0.29) is 9.90 Å². The van der Waals surface area contributed by atoms with Crippen molar-refractivity contribution in [1.29, 1.82) is 0 Å². The second kappa shape index (κ2) is 6.85. The van der Waals surface area contributed by atoms with Crippen LogP contribution in [-0.2, 0) is 14.8 Å². The molecule has 0 amide bonds. The highest BCUT2D eigenvalue weighted by atomic mass is 32.2. The van der Waals surface area contributed by atoms with Gasteiger partial charge in [-0.1, -0.05) is 19.3 Å². The first-order chi connectivity index (χ1) is 9.96. The zero-order chi connectivity index (χ0) is 15.5. The van der Waals surface area contributed by atoms with Gasteiger partial charge in [0.15, 0.2) is 9.90 Å². The van der Waals surface area contributed by atoms with Crippen LogP contribution < -0.4 is 0 Å². The maximum absolute atomic E-state index is 12.6. The van der Waals surface area contributed by atoms with E-state index in [9.17, 15) is 13.2 Å². The van der Waals surface area contributed by atoms with Gasteiger partial charge in [0.1, 0.15) is 0 Å². The zero-order valence-electron chi connectivity index (χ0n) is 12.2. The van der Waals surface area contributed by atoms with Gasteiger partial charge >= 0.3 is 5.97 Å². The fourth-order valence-electron chi connectivity index (χ4n) is 2.62. The summed E-state index contributed by atoms with van der Waals surface area (Å²) in [4.78, 5) is 15.4. The van der Waals surface area contributed by atoms with Gasteiger partial charge < -0.3 is 4.74 Å². The molecule has 1 aromatic rings. The summed E-state index contributed by atoms with van der Waals surface area (Å²) < 4.78 is 31.1. The van der Waals surface area contributed by atoms with Crippen LogP contribution in [-0.4, -0.2) is 44.4 Å². The topological polar surface area (TPSA) is 76.6 Å². The van der Waals surface area contributed by atoms with Gasteiger partial charge in [0.25, 0.3) is 10.0 Å². The van der Waals surface area contributed by atoms with Gasteiger partial charge in [0.2, 0.25) is 0 Å². The molecule has 1 heterocycles. The third-order valence-electron chi connectivity index (χ3n) is 3.80. The molecule has 0 saturated heterocycles. The summed E-state index contributed by atoms with van der Waals surface area (Å²) >= 11 is 0.949. The van der Waals surface area contributed by atoms with Gasteiger partial charge in [-0.2, -0.15) is 4.31 Å². The first kappa shape index (κ1) is 16.4. The Kier molecular flexibility index (Phi) is 5.34. The van der Waals surface area contributed by atoms with E-state index in [0.717, 1.165) is 37.0 Å². The predicted octanol–water partition coefficient (Wildman–Crippen LogP) is 2.13. The fourth-order valence-corrected chi connectivity index (χ4v) is 5.19. The number of esters is 1. The van der Waals surface area contributed by atoms with E-state index in [1.54, 1.807) is 7.05 Å². The maximum atomic E-state index is 12.6. The van der Waals surface area contributed by atoms with Crippen molar-refractivity contribution in [2.24, 2.45) is 5.92 Å². The van der Waals surface area contributed by atoms with Crippen molar-refractivity contribution >= 4 is 27.3 Å². The Morgan fingerprint density at radius 1 is 1.43 bits per heavy atom. The van der Waals surface area contributed by atoms with Gasteiger partial charge in [0.05, 0.1) is 12.6 Å². The number of rotatable bonds is 5. The molecule has 0 atom stereocenters. The first-order valence-electron chi connectivity index (χ1n) is 6.95. The Bertz CT molecular complexity index is 591. The number of nitrogens with zero attached hydrogens (tertiary/aromatic N) is 2. The predicted molar refractivity (Wildman–Crippen MR) is 79.8 cm³/mol. The van der Waals surface area contributed by atoms with E-state index in [4.69, 9.17) is 0 Å². The quantitative estimate of drug-likeness (QED) is 0.772. The van der Waals surface area contributed by atoms with Crippen molar-refractivity contribution in [3.05, 3.63) is 11.2 Å². The molecule has 21 heavy (non-hydrogen) atoms. The summed E-state index contributed by atoms with van der Waals surface area (Å²) in [6, 6.07) is 0. The molecule has 0 radical (unpaired) electrons. The van der Waals surface area contributed by atoms with E-state index in [1.165, 1.54) is 23.3 Å². The number of methoxy groups -OCH3 is 1. The van der Waals surface area contributed by atoms with E-state index in [1.807, 2.05) is 0 Å². The molecule has 0 bridgehead atoms. The number of ether oxygens (including phenoxy) is 1. The van der Waals surface area contributed by atoms with Gasteiger partial charge in [0, 0.05) is 13.6 Å². The van der Waals surface area contributed by atoms with Gasteiger partial charge in [-0.25, -0.2) is 18.2 Å². The second-order valence-electron chi connectivity index (χ2n) is 5.27. The Labute approximate surface area is 129 Å². The smallest absolute Gasteiger partial charge is 0.358 e. The molecule has 1 aliphatic rings. The molecule has 0 unspecified atom stereocenters. The molecule has 118 valence electrons. The monoisotopic (exact) mass is 332 g/mol. The molecule has 1 saturated carbocycles. The van der Waals surface area contributed by atoms with Crippen molar-refractivity contribution in [3.63, 3.8) is 0 Å². The van der Waals surface area contributed by atoms with Gasteiger partial charge in [-0.05, 0) is 18.8 Å². The third kappa shape index (κ3) is 3.61. The zero-order valence-corrected chi connectivity index (χ0v) is 13.9. The molecular weight excluding hydrogens is 312 g/mol. The molecule has 1 aromatic heterocycles. The minimum atomic E-state index is -3.69. The molecule has 8 heteroatoms. The average molecular weight is 332 g/mol. The van der Waals surface area contributed by atoms with Crippen LogP contribution in [0.15, 0.2) is 9.72 Å². The number of aromatic nitrogens is 1. The third-order valence-corrected chi connectivity index (χ3v) is 6.97. The van der Waals surface area contributed by atoms with Crippen LogP contribution in [0.25, 0.3) is 0 Å². The summed E-state index contributed by atoms with van der Waals surface area (Å²) in [7, 11) is -0.920. The Balaban J connectivity index is 2.17. The number of carbonyl (C=O) groups is 1. The number of thiazole rings is 1. The average Bonchev–Trinajstić information content (AvgIpc) is 2.97. The van der Waals surface area contributed by atoms with Crippen LogP contribution in [0.3, 0.4) is 0 Å². The van der Waals surface area contributed by atoms with Crippen LogP contribution in [0.5, 0.6) is 0 Å². The maximum Gasteiger partial charge on any atom is 0.358 e. The standard InChI is InChI=1S/C13H20N2O4S2/c1-15(8-10-6-4-3-5-7-10)21(17,18)13-11(12(16)19-2)14-9-20-13/h9-10H,3-8H2,1-2H3. The number of hydrogen-bond donors (Lipinski definition) is 0. The van der Waals surface area contributed by atoms with Crippen molar-refractivity contribution in [1.82, 2.24) is 9.29 Å². The molecule has 6 nitrogen and oxygen atoms in total. The van der Waals surface area contributed by atoms with E-state index in [0.29, 0.717) is 12.5 Å². The van der Waals surface area contributed by atoms with Gasteiger partial charge in [-0.3, -0.25) is 0 Å². The molecule has 1 fully saturated rings. The largest absolute Gasteiger partial charge is 0.464 e. The summed E-state index contributed by atoms with van der Waals surface area (Å²) in [6.45, 7) is 0.487. The Morgan fingerprint density at radius 3 is 2.71 bits per heavy atom. The van der Waals surface area contributed by atoms with Crippen molar-refractivity contribution in [2.75, 3.05) is 20.7 Å². The van der Waals surface area contributed by atoms with E-state index >= 15 is 0 Å². The normalized spacial score (nSPS) is 17.1. The van der Waals surface area contributed by atoms with E-state index < -0.39 is 16.0 Å². The second-order valence-corrected chi connectivity index (χ2v) is 8.36. The number of sulfonamides is 1. The van der Waals surface area contributed by atoms with Gasteiger partial charge in [-0.15, -0.1) is 11.3 Å². The molecule has 0 spiro atoms. The SMILES string of the molecule is COC(=O)c1ncsc1S(=O)(=O)N(C)CC1CCCCC1. The number of hydrogen-bond acceptors (Lipinski definition) is 6. The Morgan fingerprint density at radius 2 is 2.10 bits per heavy atom. The van der Waals surface area contributed by atoms with Crippen molar-refractivity contribution in [2.45, 2.75) is 36.3 Å².